The van der Waals surface area contributed by atoms with Gasteiger partial charge in [-0.2, -0.15) is 13.2 Å². The van der Waals surface area contributed by atoms with Gasteiger partial charge >= 0.3 is 6.18 Å². The molecule has 1 atom stereocenters. The molecular weight excluding hydrogens is 297 g/mol. The van der Waals surface area contributed by atoms with Gasteiger partial charge in [-0.3, -0.25) is 4.79 Å². The molecule has 0 fully saturated rings. The van der Waals surface area contributed by atoms with Crippen molar-refractivity contribution in [2.75, 3.05) is 23.5 Å². The molecule has 122 valence electrons. The lowest BCUT2D eigenvalue weighted by Gasteiger charge is -2.34. The Labute approximate surface area is 127 Å². The van der Waals surface area contributed by atoms with E-state index in [1.807, 2.05) is 18.7 Å². The number of nitrogens with zero attached hydrogens (tertiary/aromatic N) is 2. The van der Waals surface area contributed by atoms with Gasteiger partial charge in [-0.1, -0.05) is 12.1 Å². The number of carbonyl (C=O) groups is 1. The van der Waals surface area contributed by atoms with Crippen LogP contribution in [-0.4, -0.2) is 38.0 Å². The SMILES string of the molecule is COC1CC(=O)N(CC(F)(F)F)c2ccccc2N1C(C)C. The number of anilines is 2. The summed E-state index contributed by atoms with van der Waals surface area (Å²) in [6, 6.07) is 6.59. The lowest BCUT2D eigenvalue weighted by molar-refractivity contribution is -0.133. The molecule has 0 radical (unpaired) electrons. The molecule has 0 aliphatic carbocycles. The van der Waals surface area contributed by atoms with Gasteiger partial charge in [0, 0.05) is 13.2 Å². The summed E-state index contributed by atoms with van der Waals surface area (Å²) in [5.74, 6) is -0.597. The first-order valence-corrected chi connectivity index (χ1v) is 7.02. The zero-order valence-electron chi connectivity index (χ0n) is 12.7. The standard InChI is InChI=1S/C15H19F3N2O2/c1-10(2)20-12-7-5-4-6-11(12)19(9-15(16,17)18)13(21)8-14(20)22-3/h4-7,10,14H,8-9H2,1-3H3. The minimum absolute atomic E-state index is 0.0234. The number of hydrogen-bond donors (Lipinski definition) is 0. The molecule has 2 rings (SSSR count). The van der Waals surface area contributed by atoms with Crippen LogP contribution in [0.2, 0.25) is 0 Å². The molecule has 4 nitrogen and oxygen atoms in total. The van der Waals surface area contributed by atoms with Crippen molar-refractivity contribution in [3.63, 3.8) is 0 Å². The predicted molar refractivity (Wildman–Crippen MR) is 77.9 cm³/mol. The quantitative estimate of drug-likeness (QED) is 0.859. The van der Waals surface area contributed by atoms with Crippen LogP contribution in [-0.2, 0) is 9.53 Å². The van der Waals surface area contributed by atoms with Gasteiger partial charge < -0.3 is 14.5 Å². The minimum Gasteiger partial charge on any atom is -0.361 e. The maximum atomic E-state index is 12.8. The smallest absolute Gasteiger partial charge is 0.361 e. The van der Waals surface area contributed by atoms with Crippen LogP contribution in [0.5, 0.6) is 0 Å². The molecule has 1 aliphatic heterocycles. The van der Waals surface area contributed by atoms with Crippen LogP contribution >= 0.6 is 0 Å². The van der Waals surface area contributed by atoms with Crippen LogP contribution in [0.3, 0.4) is 0 Å². The van der Waals surface area contributed by atoms with Crippen molar-refractivity contribution in [1.29, 1.82) is 0 Å². The second-order valence-corrected chi connectivity index (χ2v) is 5.48. The van der Waals surface area contributed by atoms with Crippen LogP contribution in [0.25, 0.3) is 0 Å². The fourth-order valence-electron chi connectivity index (χ4n) is 2.72. The summed E-state index contributed by atoms with van der Waals surface area (Å²) in [6.07, 6.45) is -5.18. The number of rotatable bonds is 3. The van der Waals surface area contributed by atoms with E-state index in [1.165, 1.54) is 13.2 Å². The third-order valence-corrected chi connectivity index (χ3v) is 3.58. The summed E-state index contributed by atoms with van der Waals surface area (Å²) in [7, 11) is 1.45. The Morgan fingerprint density at radius 2 is 1.86 bits per heavy atom. The van der Waals surface area contributed by atoms with Crippen molar-refractivity contribution in [3.8, 4) is 0 Å². The first-order chi connectivity index (χ1) is 10.2. The highest BCUT2D eigenvalue weighted by Crippen LogP contribution is 2.37. The minimum atomic E-state index is -4.46. The molecule has 0 saturated heterocycles. The largest absolute Gasteiger partial charge is 0.406 e. The predicted octanol–water partition coefficient (Wildman–Crippen LogP) is 3.17. The summed E-state index contributed by atoms with van der Waals surface area (Å²) in [5, 5.41) is 0. The molecule has 1 aromatic rings. The molecule has 0 bridgehead atoms. The zero-order chi connectivity index (χ0) is 16.5. The molecule has 22 heavy (non-hydrogen) atoms. The number of fused-ring (bicyclic) bond motifs is 1. The van der Waals surface area contributed by atoms with E-state index in [0.29, 0.717) is 5.69 Å². The highest BCUT2D eigenvalue weighted by atomic mass is 19.4. The number of benzene rings is 1. The first kappa shape index (κ1) is 16.6. The number of methoxy groups -OCH3 is 1. The van der Waals surface area contributed by atoms with E-state index in [9.17, 15) is 18.0 Å². The average molecular weight is 316 g/mol. The second kappa shape index (κ2) is 6.16. The molecule has 0 spiro atoms. The number of halogens is 3. The molecule has 7 heteroatoms. The Morgan fingerprint density at radius 1 is 1.27 bits per heavy atom. The van der Waals surface area contributed by atoms with E-state index in [4.69, 9.17) is 4.74 Å². The molecule has 1 heterocycles. The van der Waals surface area contributed by atoms with Gasteiger partial charge in [0.1, 0.15) is 12.8 Å². The molecule has 1 unspecified atom stereocenters. The van der Waals surface area contributed by atoms with Gasteiger partial charge in [0.25, 0.3) is 0 Å². The Hall–Kier alpha value is -1.76. The average Bonchev–Trinajstić information content (AvgIpc) is 2.53. The monoisotopic (exact) mass is 316 g/mol. The van der Waals surface area contributed by atoms with Gasteiger partial charge in [-0.25, -0.2) is 0 Å². The van der Waals surface area contributed by atoms with Crippen LogP contribution < -0.4 is 9.80 Å². The van der Waals surface area contributed by atoms with Crippen molar-refractivity contribution < 1.29 is 22.7 Å². The van der Waals surface area contributed by atoms with Gasteiger partial charge in [-0.15, -0.1) is 0 Å². The summed E-state index contributed by atoms with van der Waals surface area (Å²) < 4.78 is 43.9. The lowest BCUT2D eigenvalue weighted by Crippen LogP contribution is -2.43. The summed E-state index contributed by atoms with van der Waals surface area (Å²) in [5.41, 5.74) is 0.831. The topological polar surface area (TPSA) is 32.8 Å². The summed E-state index contributed by atoms with van der Waals surface area (Å²) in [4.78, 5) is 14.9. The van der Waals surface area contributed by atoms with Crippen molar-refractivity contribution >= 4 is 17.3 Å². The third-order valence-electron chi connectivity index (χ3n) is 3.58. The summed E-state index contributed by atoms with van der Waals surface area (Å²) in [6.45, 7) is 2.52. The second-order valence-electron chi connectivity index (χ2n) is 5.48. The highest BCUT2D eigenvalue weighted by molar-refractivity contribution is 5.99. The normalized spacial score (nSPS) is 19.4. The molecule has 0 saturated carbocycles. The lowest BCUT2D eigenvalue weighted by atomic mass is 10.2. The van der Waals surface area contributed by atoms with E-state index in [2.05, 4.69) is 0 Å². The van der Waals surface area contributed by atoms with Crippen molar-refractivity contribution in [3.05, 3.63) is 24.3 Å². The fraction of sp³-hybridized carbons (Fsp3) is 0.533. The van der Waals surface area contributed by atoms with E-state index >= 15 is 0 Å². The number of amides is 1. The first-order valence-electron chi connectivity index (χ1n) is 7.02. The fourth-order valence-corrected chi connectivity index (χ4v) is 2.72. The van der Waals surface area contributed by atoms with Gasteiger partial charge in [0.2, 0.25) is 5.91 Å². The molecule has 0 aromatic heterocycles. The number of para-hydroxylation sites is 2. The van der Waals surface area contributed by atoms with E-state index in [-0.39, 0.29) is 18.2 Å². The van der Waals surface area contributed by atoms with Crippen LogP contribution in [0.1, 0.15) is 20.3 Å². The van der Waals surface area contributed by atoms with Crippen molar-refractivity contribution in [2.24, 2.45) is 0 Å². The van der Waals surface area contributed by atoms with Gasteiger partial charge in [0.15, 0.2) is 0 Å². The van der Waals surface area contributed by atoms with Crippen molar-refractivity contribution in [1.82, 2.24) is 0 Å². The molecule has 1 amide bonds. The number of carbonyl (C=O) groups excluding carboxylic acids is 1. The number of ether oxygens (including phenoxy) is 1. The van der Waals surface area contributed by atoms with Crippen LogP contribution in [0.4, 0.5) is 24.5 Å². The molecule has 1 aliphatic rings. The Kier molecular flexibility index (Phi) is 4.65. The summed E-state index contributed by atoms with van der Waals surface area (Å²) >= 11 is 0. The Morgan fingerprint density at radius 3 is 2.36 bits per heavy atom. The van der Waals surface area contributed by atoms with Gasteiger partial charge in [0.05, 0.1) is 17.8 Å². The van der Waals surface area contributed by atoms with E-state index < -0.39 is 24.9 Å². The number of alkyl halides is 3. The molecular formula is C15H19F3N2O2. The zero-order valence-corrected chi connectivity index (χ0v) is 12.7. The van der Waals surface area contributed by atoms with E-state index in [0.717, 1.165) is 4.90 Å². The molecule has 0 N–H and O–H groups in total. The third kappa shape index (κ3) is 3.35. The van der Waals surface area contributed by atoms with Crippen molar-refractivity contribution in [2.45, 2.75) is 38.7 Å². The maximum absolute atomic E-state index is 12.8. The highest BCUT2D eigenvalue weighted by Gasteiger charge is 2.39. The van der Waals surface area contributed by atoms with Crippen LogP contribution in [0, 0.1) is 0 Å². The van der Waals surface area contributed by atoms with Crippen LogP contribution in [0.15, 0.2) is 24.3 Å². The Bertz CT molecular complexity index is 546. The Balaban J connectivity index is 2.54. The molecule has 1 aromatic carbocycles. The maximum Gasteiger partial charge on any atom is 0.406 e. The van der Waals surface area contributed by atoms with E-state index in [1.54, 1.807) is 18.2 Å². The van der Waals surface area contributed by atoms with Gasteiger partial charge in [-0.05, 0) is 26.0 Å². The number of hydrogen-bond acceptors (Lipinski definition) is 3.